The van der Waals surface area contributed by atoms with E-state index in [0.717, 1.165) is 45.3 Å². The predicted octanol–water partition coefficient (Wildman–Crippen LogP) is 3.00. The topological polar surface area (TPSA) is 38.3 Å². The van der Waals surface area contributed by atoms with Crippen LogP contribution >= 0.6 is 0 Å². The molecule has 0 spiro atoms. The Labute approximate surface area is 127 Å². The van der Waals surface area contributed by atoms with Crippen LogP contribution in [0.2, 0.25) is 0 Å². The molecule has 1 N–H and O–H groups in total. The monoisotopic (exact) mass is 287 g/mol. The first-order valence-electron chi connectivity index (χ1n) is 8.10. The van der Waals surface area contributed by atoms with E-state index in [1.54, 1.807) is 0 Å². The van der Waals surface area contributed by atoms with Gasteiger partial charge >= 0.3 is 0 Å². The molecule has 21 heavy (non-hydrogen) atoms. The summed E-state index contributed by atoms with van der Waals surface area (Å²) in [4.78, 5) is 12.3. The minimum Gasteiger partial charge on any atom is -0.381 e. The summed E-state index contributed by atoms with van der Waals surface area (Å²) < 4.78 is 5.46. The van der Waals surface area contributed by atoms with Crippen molar-refractivity contribution in [3.63, 3.8) is 0 Å². The van der Waals surface area contributed by atoms with Crippen LogP contribution in [-0.2, 0) is 16.0 Å². The Kier molecular flexibility index (Phi) is 4.29. The third-order valence-electron chi connectivity index (χ3n) is 4.78. The van der Waals surface area contributed by atoms with E-state index in [4.69, 9.17) is 4.74 Å². The van der Waals surface area contributed by atoms with E-state index >= 15 is 0 Å². The van der Waals surface area contributed by atoms with Gasteiger partial charge < -0.3 is 10.1 Å². The van der Waals surface area contributed by atoms with Crippen LogP contribution in [0.5, 0.6) is 0 Å². The summed E-state index contributed by atoms with van der Waals surface area (Å²) in [6.45, 7) is 3.75. The highest BCUT2D eigenvalue weighted by Gasteiger charge is 2.44. The third-order valence-corrected chi connectivity index (χ3v) is 4.78. The van der Waals surface area contributed by atoms with Crippen LogP contribution in [0.3, 0.4) is 0 Å². The van der Waals surface area contributed by atoms with E-state index in [1.165, 1.54) is 11.1 Å². The molecule has 3 heteroatoms. The standard InChI is InChI=1S/C18H25NO2/c1-14-5-2-3-7-16(14)12-18(8-9-18)19-17(20)11-15-6-4-10-21-13-15/h2-3,5,7,15H,4,6,8-13H2,1H3,(H,19,20)/t15-/m0/s1. The van der Waals surface area contributed by atoms with Crippen molar-refractivity contribution in [2.75, 3.05) is 13.2 Å². The van der Waals surface area contributed by atoms with Crippen molar-refractivity contribution in [1.29, 1.82) is 0 Å². The van der Waals surface area contributed by atoms with Gasteiger partial charge in [0.1, 0.15) is 0 Å². The summed E-state index contributed by atoms with van der Waals surface area (Å²) in [7, 11) is 0. The molecule has 0 bridgehead atoms. The van der Waals surface area contributed by atoms with Crippen molar-refractivity contribution in [3.8, 4) is 0 Å². The van der Waals surface area contributed by atoms with Gasteiger partial charge in [-0.2, -0.15) is 0 Å². The van der Waals surface area contributed by atoms with Crippen LogP contribution in [0.1, 0.15) is 43.2 Å². The predicted molar refractivity (Wildman–Crippen MR) is 83.2 cm³/mol. The minimum atomic E-state index is 0.0265. The quantitative estimate of drug-likeness (QED) is 0.904. The van der Waals surface area contributed by atoms with E-state index < -0.39 is 0 Å². The fourth-order valence-corrected chi connectivity index (χ4v) is 3.25. The Morgan fingerprint density at radius 1 is 1.38 bits per heavy atom. The number of nitrogens with one attached hydrogen (secondary N) is 1. The third kappa shape index (κ3) is 3.85. The second-order valence-electron chi connectivity index (χ2n) is 6.72. The lowest BCUT2D eigenvalue weighted by atomic mass is 9.96. The first kappa shape index (κ1) is 14.6. The van der Waals surface area contributed by atoms with Gasteiger partial charge in [-0.25, -0.2) is 0 Å². The molecule has 0 radical (unpaired) electrons. The van der Waals surface area contributed by atoms with Crippen molar-refractivity contribution < 1.29 is 9.53 Å². The zero-order chi connectivity index (χ0) is 14.7. The van der Waals surface area contributed by atoms with E-state index in [1.807, 2.05) is 0 Å². The maximum atomic E-state index is 12.3. The normalized spacial score (nSPS) is 23.6. The van der Waals surface area contributed by atoms with Crippen LogP contribution in [0.15, 0.2) is 24.3 Å². The van der Waals surface area contributed by atoms with Gasteiger partial charge in [-0.15, -0.1) is 0 Å². The number of ether oxygens (including phenoxy) is 1. The smallest absolute Gasteiger partial charge is 0.220 e. The summed E-state index contributed by atoms with van der Waals surface area (Å²) in [5, 5.41) is 3.30. The van der Waals surface area contributed by atoms with Crippen molar-refractivity contribution >= 4 is 5.91 Å². The lowest BCUT2D eigenvalue weighted by molar-refractivity contribution is -0.124. The van der Waals surface area contributed by atoms with Gasteiger partial charge in [0.05, 0.1) is 0 Å². The summed E-state index contributed by atoms with van der Waals surface area (Å²) >= 11 is 0. The number of benzene rings is 1. The molecule has 1 aliphatic heterocycles. The Morgan fingerprint density at radius 3 is 2.86 bits per heavy atom. The number of carbonyl (C=O) groups excluding carboxylic acids is 1. The van der Waals surface area contributed by atoms with Gasteiger partial charge in [0.2, 0.25) is 5.91 Å². The highest BCUT2D eigenvalue weighted by molar-refractivity contribution is 5.77. The number of carbonyl (C=O) groups is 1. The molecule has 1 saturated carbocycles. The van der Waals surface area contributed by atoms with E-state index in [9.17, 15) is 4.79 Å². The number of rotatable bonds is 5. The Bertz CT molecular complexity index is 502. The Hall–Kier alpha value is -1.35. The lowest BCUT2D eigenvalue weighted by Gasteiger charge is -2.24. The van der Waals surface area contributed by atoms with Crippen LogP contribution < -0.4 is 5.32 Å². The molecule has 1 atom stereocenters. The first-order valence-corrected chi connectivity index (χ1v) is 8.10. The second kappa shape index (κ2) is 6.18. The van der Waals surface area contributed by atoms with E-state index in [0.29, 0.717) is 12.3 Å². The Morgan fingerprint density at radius 2 is 2.19 bits per heavy atom. The molecule has 114 valence electrons. The largest absolute Gasteiger partial charge is 0.381 e. The highest BCUT2D eigenvalue weighted by atomic mass is 16.5. The SMILES string of the molecule is Cc1ccccc1CC1(NC(=O)C[C@@H]2CCCOC2)CC1. The first-order chi connectivity index (χ1) is 10.2. The molecule has 3 rings (SSSR count). The maximum Gasteiger partial charge on any atom is 0.220 e. The van der Waals surface area contributed by atoms with Gasteiger partial charge in [-0.1, -0.05) is 24.3 Å². The summed E-state index contributed by atoms with van der Waals surface area (Å²) in [5.74, 6) is 0.615. The van der Waals surface area contributed by atoms with Gasteiger partial charge in [0.15, 0.2) is 0 Å². The van der Waals surface area contributed by atoms with Gasteiger partial charge in [0.25, 0.3) is 0 Å². The van der Waals surface area contributed by atoms with Crippen molar-refractivity contribution in [3.05, 3.63) is 35.4 Å². The minimum absolute atomic E-state index is 0.0265. The molecular weight excluding hydrogens is 262 g/mol. The number of aryl methyl sites for hydroxylation is 1. The molecule has 2 aliphatic rings. The molecule has 1 amide bonds. The number of hydrogen-bond donors (Lipinski definition) is 1. The van der Waals surface area contributed by atoms with E-state index in [2.05, 4.69) is 36.5 Å². The molecule has 2 fully saturated rings. The van der Waals surface area contributed by atoms with Crippen LogP contribution in [-0.4, -0.2) is 24.7 Å². The second-order valence-corrected chi connectivity index (χ2v) is 6.72. The van der Waals surface area contributed by atoms with Gasteiger partial charge in [0, 0.05) is 25.2 Å². The summed E-state index contributed by atoms with van der Waals surface area (Å²) in [6, 6.07) is 8.47. The van der Waals surface area contributed by atoms with Crippen molar-refractivity contribution in [1.82, 2.24) is 5.32 Å². The van der Waals surface area contributed by atoms with Crippen LogP contribution in [0.4, 0.5) is 0 Å². The zero-order valence-electron chi connectivity index (χ0n) is 12.9. The average Bonchev–Trinajstić information content (AvgIpc) is 3.22. The number of hydrogen-bond acceptors (Lipinski definition) is 2. The fourth-order valence-electron chi connectivity index (χ4n) is 3.25. The molecule has 1 heterocycles. The Balaban J connectivity index is 1.54. The molecule has 1 aromatic rings. The molecule has 0 unspecified atom stereocenters. The van der Waals surface area contributed by atoms with Crippen molar-refractivity contribution in [2.24, 2.45) is 5.92 Å². The summed E-state index contributed by atoms with van der Waals surface area (Å²) in [6.07, 6.45) is 6.01. The summed E-state index contributed by atoms with van der Waals surface area (Å²) in [5.41, 5.74) is 2.70. The van der Waals surface area contributed by atoms with Crippen LogP contribution in [0.25, 0.3) is 0 Å². The highest BCUT2D eigenvalue weighted by Crippen LogP contribution is 2.39. The number of amides is 1. The van der Waals surface area contributed by atoms with Gasteiger partial charge in [-0.05, 0) is 56.1 Å². The molecule has 1 saturated heterocycles. The molecular formula is C18H25NO2. The molecule has 1 aromatic carbocycles. The average molecular weight is 287 g/mol. The zero-order valence-corrected chi connectivity index (χ0v) is 12.9. The van der Waals surface area contributed by atoms with E-state index in [-0.39, 0.29) is 11.4 Å². The molecule has 1 aliphatic carbocycles. The molecule has 0 aromatic heterocycles. The fraction of sp³-hybridized carbons (Fsp3) is 0.611. The van der Waals surface area contributed by atoms with Crippen LogP contribution in [0, 0.1) is 12.8 Å². The van der Waals surface area contributed by atoms with Crippen molar-refractivity contribution in [2.45, 2.75) is 51.0 Å². The van der Waals surface area contributed by atoms with Gasteiger partial charge in [-0.3, -0.25) is 4.79 Å². The lowest BCUT2D eigenvalue weighted by Crippen LogP contribution is -2.40. The maximum absolute atomic E-state index is 12.3. The molecule has 3 nitrogen and oxygen atoms in total.